The molecule has 3 N–H and O–H groups in total. The van der Waals surface area contributed by atoms with Crippen LogP contribution in [0.15, 0.2) is 29.2 Å². The maximum absolute atomic E-state index is 13.0. The van der Waals surface area contributed by atoms with E-state index < -0.39 is 15.9 Å². The second-order valence-electron chi connectivity index (χ2n) is 6.06. The lowest BCUT2D eigenvalue weighted by atomic mass is 10.0. The third-order valence-electron chi connectivity index (χ3n) is 4.34. The van der Waals surface area contributed by atoms with Crippen molar-refractivity contribution in [1.29, 1.82) is 0 Å². The van der Waals surface area contributed by atoms with E-state index >= 15 is 0 Å². The van der Waals surface area contributed by atoms with Crippen LogP contribution in [0.1, 0.15) is 38.2 Å². The van der Waals surface area contributed by atoms with Gasteiger partial charge >= 0.3 is 0 Å². The lowest BCUT2D eigenvalue weighted by Crippen LogP contribution is -2.21. The molecule has 0 aromatic heterocycles. The van der Waals surface area contributed by atoms with Crippen molar-refractivity contribution in [2.75, 3.05) is 4.72 Å². The summed E-state index contributed by atoms with van der Waals surface area (Å²) in [7, 11) is -3.86. The lowest BCUT2D eigenvalue weighted by molar-refractivity contribution is 0.100. The van der Waals surface area contributed by atoms with Crippen molar-refractivity contribution in [3.05, 3.63) is 57.6 Å². The first-order chi connectivity index (χ1) is 11.1. The summed E-state index contributed by atoms with van der Waals surface area (Å²) in [5.74, 6) is -0.676. The van der Waals surface area contributed by atoms with Crippen molar-refractivity contribution < 1.29 is 13.2 Å². The van der Waals surface area contributed by atoms with Crippen LogP contribution in [0.5, 0.6) is 0 Å². The van der Waals surface area contributed by atoms with E-state index in [-0.39, 0.29) is 16.1 Å². The summed E-state index contributed by atoms with van der Waals surface area (Å²) in [5, 5.41) is 0. The minimum Gasteiger partial charge on any atom is -0.366 e. The number of nitrogens with one attached hydrogen (secondary N) is 1. The minimum atomic E-state index is -3.86. The van der Waals surface area contributed by atoms with Crippen molar-refractivity contribution in [2.24, 2.45) is 5.73 Å². The smallest absolute Gasteiger partial charge is 0.262 e. The maximum Gasteiger partial charge on any atom is 0.262 e. The predicted octanol–water partition coefficient (Wildman–Crippen LogP) is 3.13. The number of rotatable bonds is 4. The summed E-state index contributed by atoms with van der Waals surface area (Å²) in [4.78, 5) is 11.9. The molecule has 24 heavy (non-hydrogen) atoms. The number of primary amides is 1. The van der Waals surface area contributed by atoms with E-state index in [2.05, 4.69) is 4.72 Å². The zero-order valence-electron chi connectivity index (χ0n) is 14.5. The molecule has 0 aliphatic rings. The molecule has 6 heteroatoms. The molecular weight excluding hydrogens is 324 g/mol. The molecule has 5 nitrogen and oxygen atoms in total. The van der Waals surface area contributed by atoms with Gasteiger partial charge in [-0.1, -0.05) is 18.2 Å². The molecule has 0 saturated carbocycles. The highest BCUT2D eigenvalue weighted by molar-refractivity contribution is 7.92. The Hall–Kier alpha value is -2.34. The van der Waals surface area contributed by atoms with Crippen LogP contribution in [0, 0.1) is 34.6 Å². The monoisotopic (exact) mass is 346 g/mol. The molecule has 0 bridgehead atoms. The van der Waals surface area contributed by atoms with E-state index in [0.717, 1.165) is 11.1 Å². The van der Waals surface area contributed by atoms with Gasteiger partial charge in [0.25, 0.3) is 15.9 Å². The molecule has 0 unspecified atom stereocenters. The lowest BCUT2D eigenvalue weighted by Gasteiger charge is -2.18. The first kappa shape index (κ1) is 18.0. The van der Waals surface area contributed by atoms with Gasteiger partial charge in [0.15, 0.2) is 0 Å². The number of amides is 1. The van der Waals surface area contributed by atoms with Crippen LogP contribution >= 0.6 is 0 Å². The Balaban J connectivity index is 2.66. The van der Waals surface area contributed by atoms with Gasteiger partial charge in [0, 0.05) is 0 Å². The summed E-state index contributed by atoms with van der Waals surface area (Å²) in [6.45, 7) is 9.05. The summed E-state index contributed by atoms with van der Waals surface area (Å²) in [6.07, 6.45) is 0. The van der Waals surface area contributed by atoms with Crippen molar-refractivity contribution in [2.45, 2.75) is 39.5 Å². The Kier molecular flexibility index (Phi) is 4.71. The minimum absolute atomic E-state index is 0.151. The first-order valence-corrected chi connectivity index (χ1v) is 9.04. The van der Waals surface area contributed by atoms with Gasteiger partial charge in [0.05, 0.1) is 16.1 Å². The van der Waals surface area contributed by atoms with Crippen LogP contribution in [0.3, 0.4) is 0 Å². The van der Waals surface area contributed by atoms with Crippen LogP contribution in [0.4, 0.5) is 5.69 Å². The number of para-hydroxylation sites is 1. The second-order valence-corrected chi connectivity index (χ2v) is 7.68. The fourth-order valence-electron chi connectivity index (χ4n) is 2.78. The number of sulfonamides is 1. The van der Waals surface area contributed by atoms with Crippen LogP contribution in [-0.4, -0.2) is 14.3 Å². The zero-order chi connectivity index (χ0) is 18.2. The maximum atomic E-state index is 13.0. The Bertz CT molecular complexity index is 906. The van der Waals surface area contributed by atoms with Gasteiger partial charge in [0.2, 0.25) is 0 Å². The van der Waals surface area contributed by atoms with Gasteiger partial charge in [-0.05, 0) is 68.5 Å². The van der Waals surface area contributed by atoms with Crippen LogP contribution in [0.2, 0.25) is 0 Å². The molecule has 0 aliphatic carbocycles. The molecule has 2 aromatic carbocycles. The van der Waals surface area contributed by atoms with Gasteiger partial charge in [-0.25, -0.2) is 8.42 Å². The van der Waals surface area contributed by atoms with Crippen molar-refractivity contribution in [3.8, 4) is 0 Å². The third kappa shape index (κ3) is 3.14. The van der Waals surface area contributed by atoms with Gasteiger partial charge in [0.1, 0.15) is 0 Å². The number of anilines is 1. The van der Waals surface area contributed by atoms with E-state index in [0.29, 0.717) is 16.7 Å². The third-order valence-corrected chi connectivity index (χ3v) is 5.96. The van der Waals surface area contributed by atoms with Gasteiger partial charge < -0.3 is 5.73 Å². The molecule has 0 atom stereocenters. The molecule has 128 valence electrons. The number of carbonyl (C=O) groups is 1. The molecule has 2 rings (SSSR count). The Morgan fingerprint density at radius 2 is 1.50 bits per heavy atom. The molecule has 0 radical (unpaired) electrons. The zero-order valence-corrected chi connectivity index (χ0v) is 15.3. The molecule has 1 amide bonds. The summed E-state index contributed by atoms with van der Waals surface area (Å²) >= 11 is 0. The number of carbonyl (C=O) groups excluding carboxylic acids is 1. The van der Waals surface area contributed by atoms with Crippen LogP contribution in [0.25, 0.3) is 0 Å². The molecule has 0 heterocycles. The molecular formula is C18H22N2O3S. The predicted molar refractivity (Wildman–Crippen MR) is 95.9 cm³/mol. The number of aryl methyl sites for hydroxylation is 3. The SMILES string of the molecule is Cc1cc(C)c(C)c(S(=O)(=O)Nc2c(C)cccc2C(N)=O)c1C. The normalized spacial score (nSPS) is 11.4. The van der Waals surface area contributed by atoms with E-state index in [9.17, 15) is 13.2 Å². The van der Waals surface area contributed by atoms with E-state index in [1.807, 2.05) is 19.9 Å². The highest BCUT2D eigenvalue weighted by Crippen LogP contribution is 2.30. The Morgan fingerprint density at radius 1 is 0.958 bits per heavy atom. The summed E-state index contributed by atoms with van der Waals surface area (Å²) in [5.41, 5.74) is 9.58. The molecule has 0 spiro atoms. The van der Waals surface area contributed by atoms with Crippen molar-refractivity contribution in [1.82, 2.24) is 0 Å². The molecule has 2 aromatic rings. The second kappa shape index (κ2) is 6.28. The average Bonchev–Trinajstić information content (AvgIpc) is 2.47. The van der Waals surface area contributed by atoms with Gasteiger partial charge in [-0.2, -0.15) is 0 Å². The van der Waals surface area contributed by atoms with Gasteiger partial charge in [-0.3, -0.25) is 9.52 Å². The standard InChI is InChI=1S/C18H22N2O3S/c1-10-7-6-8-15(18(19)21)16(10)20-24(22,23)17-13(4)11(2)9-12(3)14(17)5/h6-9,20H,1-5H3,(H2,19,21). The summed E-state index contributed by atoms with van der Waals surface area (Å²) in [6, 6.07) is 6.87. The first-order valence-electron chi connectivity index (χ1n) is 7.56. The van der Waals surface area contributed by atoms with Crippen molar-refractivity contribution >= 4 is 21.6 Å². The van der Waals surface area contributed by atoms with Crippen LogP contribution < -0.4 is 10.5 Å². The Labute approximate surface area is 142 Å². The number of benzene rings is 2. The summed E-state index contributed by atoms with van der Waals surface area (Å²) < 4.78 is 28.6. The highest BCUT2D eigenvalue weighted by Gasteiger charge is 2.24. The average molecular weight is 346 g/mol. The van der Waals surface area contributed by atoms with Crippen LogP contribution in [-0.2, 0) is 10.0 Å². The van der Waals surface area contributed by atoms with E-state index in [1.54, 1.807) is 32.9 Å². The molecule has 0 fully saturated rings. The van der Waals surface area contributed by atoms with Gasteiger partial charge in [-0.15, -0.1) is 0 Å². The van der Waals surface area contributed by atoms with E-state index in [1.165, 1.54) is 6.07 Å². The fraction of sp³-hybridized carbons (Fsp3) is 0.278. The molecule has 0 saturated heterocycles. The number of nitrogens with two attached hydrogens (primary N) is 1. The van der Waals surface area contributed by atoms with Crippen molar-refractivity contribution in [3.63, 3.8) is 0 Å². The number of hydrogen-bond acceptors (Lipinski definition) is 3. The number of hydrogen-bond donors (Lipinski definition) is 2. The fourth-order valence-corrected chi connectivity index (χ4v) is 4.55. The molecule has 0 aliphatic heterocycles. The largest absolute Gasteiger partial charge is 0.366 e. The highest BCUT2D eigenvalue weighted by atomic mass is 32.2. The van der Waals surface area contributed by atoms with E-state index in [4.69, 9.17) is 5.73 Å². The topological polar surface area (TPSA) is 89.3 Å². The quantitative estimate of drug-likeness (QED) is 0.891. The Morgan fingerprint density at radius 3 is 2.00 bits per heavy atom.